The molecule has 1 unspecified atom stereocenters. The van der Waals surface area contributed by atoms with Crippen molar-refractivity contribution in [3.63, 3.8) is 0 Å². The van der Waals surface area contributed by atoms with E-state index in [0.717, 1.165) is 18.8 Å². The zero-order valence-electron chi connectivity index (χ0n) is 9.84. The number of benzene rings is 1. The van der Waals surface area contributed by atoms with Crippen molar-refractivity contribution in [2.45, 2.75) is 19.0 Å². The number of hydrogen-bond acceptors (Lipinski definition) is 3. The fourth-order valence-electron chi connectivity index (χ4n) is 2.31. The van der Waals surface area contributed by atoms with Crippen molar-refractivity contribution in [2.75, 3.05) is 5.32 Å². The quantitative estimate of drug-likeness (QED) is 0.839. The second kappa shape index (κ2) is 4.18. The Balaban J connectivity index is 1.93. The number of aromatic nitrogens is 2. The van der Waals surface area contributed by atoms with E-state index in [1.54, 1.807) is 4.68 Å². The molecule has 1 aliphatic heterocycles. The van der Waals surface area contributed by atoms with Crippen LogP contribution in [0.2, 0.25) is 0 Å². The van der Waals surface area contributed by atoms with Gasteiger partial charge in [-0.15, -0.1) is 0 Å². The van der Waals surface area contributed by atoms with Gasteiger partial charge in [0.15, 0.2) is 0 Å². The Morgan fingerprint density at radius 1 is 1.39 bits per heavy atom. The van der Waals surface area contributed by atoms with Crippen molar-refractivity contribution in [3.05, 3.63) is 47.7 Å². The summed E-state index contributed by atoms with van der Waals surface area (Å²) in [6.07, 6.45) is 2.47. The average Bonchev–Trinajstić information content (AvgIpc) is 2.82. The summed E-state index contributed by atoms with van der Waals surface area (Å²) in [6.45, 7) is 0.787. The van der Waals surface area contributed by atoms with E-state index in [4.69, 9.17) is 5.73 Å². The molecule has 0 radical (unpaired) electrons. The molecule has 0 saturated carbocycles. The van der Waals surface area contributed by atoms with E-state index in [9.17, 15) is 4.79 Å². The van der Waals surface area contributed by atoms with Crippen LogP contribution in [0.25, 0.3) is 0 Å². The molecule has 1 amide bonds. The van der Waals surface area contributed by atoms with Gasteiger partial charge in [0, 0.05) is 6.54 Å². The van der Waals surface area contributed by atoms with Crippen LogP contribution in [0.15, 0.2) is 36.5 Å². The van der Waals surface area contributed by atoms with Crippen LogP contribution >= 0.6 is 0 Å². The van der Waals surface area contributed by atoms with Crippen molar-refractivity contribution < 1.29 is 4.79 Å². The van der Waals surface area contributed by atoms with Gasteiger partial charge >= 0.3 is 0 Å². The minimum atomic E-state index is -0.447. The van der Waals surface area contributed by atoms with Crippen molar-refractivity contribution in [1.82, 2.24) is 9.78 Å². The molecule has 0 spiro atoms. The molecule has 1 aromatic carbocycles. The van der Waals surface area contributed by atoms with Crippen LogP contribution in [-0.4, -0.2) is 15.7 Å². The number of fused-ring (bicyclic) bond motifs is 1. The first-order chi connectivity index (χ1) is 8.75. The number of rotatable bonds is 2. The molecule has 0 aliphatic carbocycles. The third-order valence-corrected chi connectivity index (χ3v) is 3.25. The Bertz CT molecular complexity index is 576. The topological polar surface area (TPSA) is 72.9 Å². The van der Waals surface area contributed by atoms with Crippen LogP contribution in [-0.2, 0) is 6.54 Å². The molecule has 18 heavy (non-hydrogen) atoms. The summed E-state index contributed by atoms with van der Waals surface area (Å²) >= 11 is 0. The van der Waals surface area contributed by atoms with Gasteiger partial charge in [-0.2, -0.15) is 5.10 Å². The van der Waals surface area contributed by atoms with Crippen LogP contribution in [0, 0.1) is 0 Å². The number of hydrogen-bond donors (Lipinski definition) is 2. The highest BCUT2D eigenvalue weighted by molar-refractivity contribution is 5.97. The van der Waals surface area contributed by atoms with E-state index in [-0.39, 0.29) is 6.04 Å². The third kappa shape index (κ3) is 1.73. The van der Waals surface area contributed by atoms with E-state index in [1.165, 1.54) is 11.8 Å². The monoisotopic (exact) mass is 242 g/mol. The molecule has 0 saturated heterocycles. The summed E-state index contributed by atoms with van der Waals surface area (Å²) in [5.41, 5.74) is 7.00. The van der Waals surface area contributed by atoms with Crippen LogP contribution in [0.3, 0.4) is 0 Å². The Hall–Kier alpha value is -2.30. The molecule has 3 rings (SSSR count). The van der Waals surface area contributed by atoms with Gasteiger partial charge in [-0.1, -0.05) is 30.3 Å². The second-order valence-electron chi connectivity index (χ2n) is 4.39. The molecule has 2 aromatic rings. The van der Waals surface area contributed by atoms with Gasteiger partial charge in [-0.25, -0.2) is 4.68 Å². The zero-order valence-corrected chi connectivity index (χ0v) is 9.84. The Labute approximate surface area is 105 Å². The molecule has 2 heterocycles. The Morgan fingerprint density at radius 3 is 2.89 bits per heavy atom. The molecule has 92 valence electrons. The lowest BCUT2D eigenvalue weighted by Crippen LogP contribution is -2.24. The minimum absolute atomic E-state index is 0.202. The maximum absolute atomic E-state index is 11.3. The molecule has 0 fully saturated rings. The van der Waals surface area contributed by atoms with Gasteiger partial charge in [0.2, 0.25) is 0 Å². The third-order valence-electron chi connectivity index (χ3n) is 3.25. The lowest BCUT2D eigenvalue weighted by molar-refractivity contribution is 0.100. The standard InChI is InChI=1S/C13H14N4O/c14-12(18)10-8-15-17-7-6-11(16-13(10)17)9-4-2-1-3-5-9/h1-5,8,11,16H,6-7H2,(H2,14,18). The van der Waals surface area contributed by atoms with Crippen LogP contribution in [0.5, 0.6) is 0 Å². The van der Waals surface area contributed by atoms with Crippen LogP contribution in [0.4, 0.5) is 5.82 Å². The summed E-state index contributed by atoms with van der Waals surface area (Å²) in [6, 6.07) is 10.4. The molecule has 0 bridgehead atoms. The molecule has 5 heteroatoms. The van der Waals surface area contributed by atoms with Gasteiger partial charge in [0.05, 0.1) is 12.2 Å². The fourth-order valence-corrected chi connectivity index (χ4v) is 2.31. The van der Waals surface area contributed by atoms with Gasteiger partial charge in [-0.3, -0.25) is 4.79 Å². The predicted octanol–water partition coefficient (Wildman–Crippen LogP) is 1.54. The fraction of sp³-hybridized carbons (Fsp3) is 0.231. The molecule has 3 N–H and O–H groups in total. The van der Waals surface area contributed by atoms with Gasteiger partial charge in [-0.05, 0) is 12.0 Å². The summed E-state index contributed by atoms with van der Waals surface area (Å²) in [5.74, 6) is 0.278. The first kappa shape index (κ1) is 10.8. The Morgan fingerprint density at radius 2 is 2.17 bits per heavy atom. The maximum atomic E-state index is 11.3. The number of nitrogens with two attached hydrogens (primary N) is 1. The first-order valence-corrected chi connectivity index (χ1v) is 5.93. The van der Waals surface area contributed by atoms with E-state index >= 15 is 0 Å². The smallest absolute Gasteiger partial charge is 0.254 e. The lowest BCUT2D eigenvalue weighted by atomic mass is 10.0. The normalized spacial score (nSPS) is 17.9. The van der Waals surface area contributed by atoms with Gasteiger partial charge in [0.1, 0.15) is 11.4 Å². The largest absolute Gasteiger partial charge is 0.365 e. The first-order valence-electron chi connectivity index (χ1n) is 5.93. The highest BCUT2D eigenvalue weighted by Crippen LogP contribution is 2.30. The van der Waals surface area contributed by atoms with Crippen molar-refractivity contribution >= 4 is 11.7 Å². The number of aryl methyl sites for hydroxylation is 1. The number of amides is 1. The second-order valence-corrected chi connectivity index (χ2v) is 4.39. The van der Waals surface area contributed by atoms with Crippen LogP contribution in [0.1, 0.15) is 28.4 Å². The molecular weight excluding hydrogens is 228 g/mol. The molecule has 1 aliphatic rings. The average molecular weight is 242 g/mol. The van der Waals surface area contributed by atoms with E-state index in [2.05, 4.69) is 22.5 Å². The van der Waals surface area contributed by atoms with Gasteiger partial charge < -0.3 is 11.1 Å². The number of primary amides is 1. The number of nitrogens with one attached hydrogen (secondary N) is 1. The Kier molecular flexibility index (Phi) is 2.51. The number of anilines is 1. The lowest BCUT2D eigenvalue weighted by Gasteiger charge is -2.26. The number of carbonyl (C=O) groups excluding carboxylic acids is 1. The van der Waals surface area contributed by atoms with E-state index in [0.29, 0.717) is 5.56 Å². The summed E-state index contributed by atoms with van der Waals surface area (Å²) in [4.78, 5) is 11.3. The van der Waals surface area contributed by atoms with Crippen LogP contribution < -0.4 is 11.1 Å². The summed E-state index contributed by atoms with van der Waals surface area (Å²) < 4.78 is 1.79. The molecule has 1 aromatic heterocycles. The maximum Gasteiger partial charge on any atom is 0.254 e. The van der Waals surface area contributed by atoms with Crippen molar-refractivity contribution in [2.24, 2.45) is 5.73 Å². The molecule has 5 nitrogen and oxygen atoms in total. The van der Waals surface area contributed by atoms with E-state index < -0.39 is 5.91 Å². The minimum Gasteiger partial charge on any atom is -0.365 e. The van der Waals surface area contributed by atoms with E-state index in [1.807, 2.05) is 18.2 Å². The summed E-state index contributed by atoms with van der Waals surface area (Å²) in [7, 11) is 0. The highest BCUT2D eigenvalue weighted by atomic mass is 16.1. The number of carbonyl (C=O) groups is 1. The predicted molar refractivity (Wildman–Crippen MR) is 68.2 cm³/mol. The SMILES string of the molecule is NC(=O)c1cnn2c1NC(c1ccccc1)CC2. The zero-order chi connectivity index (χ0) is 12.5. The highest BCUT2D eigenvalue weighted by Gasteiger charge is 2.24. The molecule has 1 atom stereocenters. The molecular formula is C13H14N4O. The number of nitrogens with zero attached hydrogens (tertiary/aromatic N) is 2. The van der Waals surface area contributed by atoms with Gasteiger partial charge in [0.25, 0.3) is 5.91 Å². The van der Waals surface area contributed by atoms with Crippen molar-refractivity contribution in [1.29, 1.82) is 0 Å². The summed E-state index contributed by atoms with van der Waals surface area (Å²) in [5, 5.41) is 7.50. The van der Waals surface area contributed by atoms with Crippen molar-refractivity contribution in [3.8, 4) is 0 Å².